The molecule has 0 N–H and O–H groups in total. The van der Waals surface area contributed by atoms with E-state index in [4.69, 9.17) is 11.6 Å². The van der Waals surface area contributed by atoms with Gasteiger partial charge in [0.1, 0.15) is 0 Å². The molecule has 1 fully saturated rings. The van der Waals surface area contributed by atoms with Gasteiger partial charge in [-0.25, -0.2) is 9.97 Å². The number of aromatic nitrogens is 2. The van der Waals surface area contributed by atoms with Crippen LogP contribution in [0.2, 0.25) is 5.15 Å². The van der Waals surface area contributed by atoms with Gasteiger partial charge in [0.2, 0.25) is 0 Å². The molecule has 2 heterocycles. The summed E-state index contributed by atoms with van der Waals surface area (Å²) in [7, 11) is 0. The lowest BCUT2D eigenvalue weighted by Gasteiger charge is -2.41. The Balaban J connectivity index is 1.55. The fraction of sp³-hybridized carbons (Fsp3) is 0.286. The van der Waals surface area contributed by atoms with Gasteiger partial charge in [0.15, 0.2) is 10.8 Å². The molecule has 1 atom stereocenters. The topological polar surface area (TPSA) is 49.3 Å². The molecule has 6 heteroatoms. The van der Waals surface area contributed by atoms with Crippen LogP contribution >= 0.6 is 11.6 Å². The van der Waals surface area contributed by atoms with E-state index in [0.29, 0.717) is 24.1 Å². The fourth-order valence-electron chi connectivity index (χ4n) is 3.60. The first-order valence-corrected chi connectivity index (χ1v) is 9.45. The van der Waals surface area contributed by atoms with Crippen LogP contribution < -0.4 is 4.90 Å². The molecular weight excluding hydrogens is 360 g/mol. The highest BCUT2D eigenvalue weighted by atomic mass is 35.5. The van der Waals surface area contributed by atoms with Crippen molar-refractivity contribution in [1.29, 1.82) is 0 Å². The van der Waals surface area contributed by atoms with Crippen molar-refractivity contribution < 1.29 is 4.79 Å². The van der Waals surface area contributed by atoms with Crippen molar-refractivity contribution in [2.75, 3.05) is 24.5 Å². The Bertz CT molecular complexity index is 1010. The van der Waals surface area contributed by atoms with E-state index in [1.165, 1.54) is 11.3 Å². The van der Waals surface area contributed by atoms with Crippen LogP contribution in [0.25, 0.3) is 11.0 Å². The summed E-state index contributed by atoms with van der Waals surface area (Å²) < 4.78 is 0. The highest BCUT2D eigenvalue weighted by Gasteiger charge is 2.29. The second-order valence-corrected chi connectivity index (χ2v) is 7.34. The Hall–Kier alpha value is -2.66. The number of rotatable bonds is 2. The van der Waals surface area contributed by atoms with Crippen molar-refractivity contribution in [2.24, 2.45) is 0 Å². The minimum Gasteiger partial charge on any atom is -0.365 e. The Morgan fingerprint density at radius 1 is 1.07 bits per heavy atom. The van der Waals surface area contributed by atoms with E-state index in [1.807, 2.05) is 29.2 Å². The maximum Gasteiger partial charge on any atom is 0.275 e. The Morgan fingerprint density at radius 3 is 2.52 bits per heavy atom. The average Bonchev–Trinajstić information content (AvgIpc) is 2.66. The lowest BCUT2D eigenvalue weighted by molar-refractivity contribution is 0.0720. The summed E-state index contributed by atoms with van der Waals surface area (Å²) in [6.07, 6.45) is 0. The van der Waals surface area contributed by atoms with E-state index < -0.39 is 0 Å². The van der Waals surface area contributed by atoms with Gasteiger partial charge in [0.05, 0.1) is 11.0 Å². The fourth-order valence-corrected chi connectivity index (χ4v) is 3.81. The minimum atomic E-state index is -0.158. The standard InChI is InChI=1S/C21H21ClN4O/c1-14-6-5-7-16(12-14)26-11-10-25(13-15(26)2)21(27)19-20(22)24-18-9-4-3-8-17(18)23-19/h3-9,12,15H,10-11,13H2,1-2H3. The van der Waals surface area contributed by atoms with Crippen molar-refractivity contribution in [3.8, 4) is 0 Å². The summed E-state index contributed by atoms with van der Waals surface area (Å²) in [6.45, 7) is 6.25. The SMILES string of the molecule is Cc1cccc(N2CCN(C(=O)c3nc4ccccc4nc3Cl)CC2C)c1. The van der Waals surface area contributed by atoms with Crippen molar-refractivity contribution in [3.05, 3.63) is 64.9 Å². The molecule has 0 radical (unpaired) electrons. The largest absolute Gasteiger partial charge is 0.365 e. The zero-order chi connectivity index (χ0) is 19.0. The molecule has 1 unspecified atom stereocenters. The van der Waals surface area contributed by atoms with Gasteiger partial charge < -0.3 is 9.80 Å². The van der Waals surface area contributed by atoms with Gasteiger partial charge in [-0.1, -0.05) is 35.9 Å². The first-order chi connectivity index (χ1) is 13.0. The predicted octanol–water partition coefficient (Wildman–Crippen LogP) is 3.94. The summed E-state index contributed by atoms with van der Waals surface area (Å²) in [5.41, 5.74) is 4.02. The van der Waals surface area contributed by atoms with Crippen molar-refractivity contribution in [1.82, 2.24) is 14.9 Å². The van der Waals surface area contributed by atoms with Crippen LogP contribution in [0.1, 0.15) is 23.0 Å². The van der Waals surface area contributed by atoms with Gasteiger partial charge in [-0.05, 0) is 43.7 Å². The summed E-state index contributed by atoms with van der Waals surface area (Å²) in [5.74, 6) is -0.158. The summed E-state index contributed by atoms with van der Waals surface area (Å²) in [5, 5.41) is 0.160. The first-order valence-electron chi connectivity index (χ1n) is 9.08. The lowest BCUT2D eigenvalue weighted by Crippen LogP contribution is -2.54. The highest BCUT2D eigenvalue weighted by Crippen LogP contribution is 2.24. The quantitative estimate of drug-likeness (QED) is 0.675. The summed E-state index contributed by atoms with van der Waals surface area (Å²) in [6, 6.07) is 16.1. The number of carbonyl (C=O) groups excluding carboxylic acids is 1. The van der Waals surface area contributed by atoms with Gasteiger partial charge in [-0.15, -0.1) is 0 Å². The minimum absolute atomic E-state index is 0.158. The number of aryl methyl sites for hydroxylation is 1. The van der Waals surface area contributed by atoms with Crippen LogP contribution in [-0.2, 0) is 0 Å². The smallest absolute Gasteiger partial charge is 0.275 e. The maximum absolute atomic E-state index is 13.0. The number of hydrogen-bond acceptors (Lipinski definition) is 4. The Morgan fingerprint density at radius 2 is 1.81 bits per heavy atom. The molecule has 5 nitrogen and oxygen atoms in total. The molecule has 0 saturated carbocycles. The highest BCUT2D eigenvalue weighted by molar-refractivity contribution is 6.32. The zero-order valence-electron chi connectivity index (χ0n) is 15.4. The Labute approximate surface area is 163 Å². The van der Waals surface area contributed by atoms with Gasteiger partial charge in [-0.3, -0.25) is 4.79 Å². The maximum atomic E-state index is 13.0. The van der Waals surface area contributed by atoms with Gasteiger partial charge in [0.25, 0.3) is 5.91 Å². The van der Waals surface area contributed by atoms with Crippen molar-refractivity contribution in [2.45, 2.75) is 19.9 Å². The number of fused-ring (bicyclic) bond motifs is 1. The van der Waals surface area contributed by atoms with Crippen molar-refractivity contribution >= 4 is 34.2 Å². The van der Waals surface area contributed by atoms with Crippen LogP contribution in [0.15, 0.2) is 48.5 Å². The first kappa shape index (κ1) is 17.7. The second-order valence-electron chi connectivity index (χ2n) is 6.98. The third kappa shape index (κ3) is 3.47. The van der Waals surface area contributed by atoms with Crippen LogP contribution in [0.4, 0.5) is 5.69 Å². The van der Waals surface area contributed by atoms with Crippen LogP contribution in [0, 0.1) is 6.92 Å². The number of hydrogen-bond donors (Lipinski definition) is 0. The van der Waals surface area contributed by atoms with E-state index in [1.54, 1.807) is 0 Å². The van der Waals surface area contributed by atoms with Gasteiger partial charge in [0, 0.05) is 31.4 Å². The van der Waals surface area contributed by atoms with Crippen LogP contribution in [-0.4, -0.2) is 46.5 Å². The number of para-hydroxylation sites is 2. The van der Waals surface area contributed by atoms with E-state index in [9.17, 15) is 4.79 Å². The van der Waals surface area contributed by atoms with E-state index in [2.05, 4.69) is 53.0 Å². The molecular formula is C21H21ClN4O. The molecule has 1 aliphatic rings. The molecule has 4 rings (SSSR count). The number of benzene rings is 2. The molecule has 3 aromatic rings. The summed E-state index contributed by atoms with van der Waals surface area (Å²) in [4.78, 5) is 26.0. The number of nitrogens with zero attached hydrogens (tertiary/aromatic N) is 4. The Kier molecular flexibility index (Phi) is 4.70. The molecule has 138 valence electrons. The molecule has 27 heavy (non-hydrogen) atoms. The van der Waals surface area contributed by atoms with E-state index in [0.717, 1.165) is 6.54 Å². The molecule has 2 aromatic carbocycles. The molecule has 1 aliphatic heterocycles. The summed E-state index contributed by atoms with van der Waals surface area (Å²) >= 11 is 6.26. The van der Waals surface area contributed by atoms with Crippen LogP contribution in [0.3, 0.4) is 0 Å². The third-order valence-corrected chi connectivity index (χ3v) is 5.24. The van der Waals surface area contributed by atoms with Crippen LogP contribution in [0.5, 0.6) is 0 Å². The lowest BCUT2D eigenvalue weighted by atomic mass is 10.1. The monoisotopic (exact) mass is 380 g/mol. The molecule has 1 aromatic heterocycles. The number of halogens is 1. The third-order valence-electron chi connectivity index (χ3n) is 4.98. The van der Waals surface area contributed by atoms with E-state index in [-0.39, 0.29) is 22.8 Å². The van der Waals surface area contributed by atoms with E-state index >= 15 is 0 Å². The van der Waals surface area contributed by atoms with Gasteiger partial charge in [-0.2, -0.15) is 0 Å². The number of anilines is 1. The molecule has 1 saturated heterocycles. The molecule has 1 amide bonds. The molecule has 0 bridgehead atoms. The number of carbonyl (C=O) groups is 1. The molecule has 0 spiro atoms. The van der Waals surface area contributed by atoms with Gasteiger partial charge >= 0.3 is 0 Å². The molecule has 0 aliphatic carbocycles. The second kappa shape index (κ2) is 7.16. The average molecular weight is 381 g/mol. The number of amides is 1. The predicted molar refractivity (Wildman–Crippen MR) is 108 cm³/mol. The van der Waals surface area contributed by atoms with Crippen molar-refractivity contribution in [3.63, 3.8) is 0 Å². The number of piperazine rings is 1. The zero-order valence-corrected chi connectivity index (χ0v) is 16.1. The normalized spacial score (nSPS) is 17.4.